The fraction of sp³-hybridized carbons (Fsp3) is 0.286. The molecule has 0 saturated carbocycles. The largest absolute Gasteiger partial charge is 0.239 e. The van der Waals surface area contributed by atoms with Gasteiger partial charge in [0, 0.05) is 22.0 Å². The highest BCUT2D eigenvalue weighted by molar-refractivity contribution is 7.27. The summed E-state index contributed by atoms with van der Waals surface area (Å²) in [5, 5.41) is -0.681. The molecule has 0 nitrogen and oxygen atoms in total. The van der Waals surface area contributed by atoms with E-state index in [1.807, 2.05) is 0 Å². The third-order valence-electron chi connectivity index (χ3n) is 3.63. The number of rotatable bonds is 1. The van der Waals surface area contributed by atoms with Crippen molar-refractivity contribution in [2.45, 2.75) is 25.9 Å². The molecule has 1 aromatic carbocycles. The summed E-state index contributed by atoms with van der Waals surface area (Å²) in [6.45, 7) is 1.73. The van der Waals surface area contributed by atoms with Crippen LogP contribution in [0.5, 0.6) is 0 Å². The Morgan fingerprint density at radius 1 is 0.818 bits per heavy atom. The van der Waals surface area contributed by atoms with Crippen LogP contribution in [0.2, 0.25) is 0 Å². The van der Waals surface area contributed by atoms with E-state index in [2.05, 4.69) is 0 Å². The summed E-state index contributed by atoms with van der Waals surface area (Å²) in [4.78, 5) is 0. The van der Waals surface area contributed by atoms with E-state index in [4.69, 9.17) is 0 Å². The SMILES string of the molecule is CC1=C(F)C(F)C(c2c(F)c(F)c(C)c(F)c2P)C(F)=C1F. The van der Waals surface area contributed by atoms with Gasteiger partial charge in [0.2, 0.25) is 0 Å². The maximum absolute atomic E-state index is 14.0. The number of alkyl halides is 1. The number of allylic oxidation sites excluding steroid dienone is 4. The van der Waals surface area contributed by atoms with Gasteiger partial charge in [-0.05, 0) is 13.8 Å². The molecule has 8 heteroatoms. The molecule has 3 atom stereocenters. The van der Waals surface area contributed by atoms with Crippen molar-refractivity contribution < 1.29 is 30.7 Å². The molecule has 2 rings (SSSR count). The van der Waals surface area contributed by atoms with Gasteiger partial charge in [-0.25, -0.2) is 30.7 Å². The van der Waals surface area contributed by atoms with Crippen LogP contribution in [0.4, 0.5) is 30.7 Å². The zero-order valence-corrected chi connectivity index (χ0v) is 12.5. The maximum atomic E-state index is 14.0. The normalized spacial score (nSPS) is 22.6. The Morgan fingerprint density at radius 3 is 1.91 bits per heavy atom. The molecule has 22 heavy (non-hydrogen) atoms. The van der Waals surface area contributed by atoms with E-state index >= 15 is 0 Å². The first kappa shape index (κ1) is 17.0. The van der Waals surface area contributed by atoms with Crippen LogP contribution in [0.1, 0.15) is 24.0 Å². The van der Waals surface area contributed by atoms with E-state index in [-0.39, 0.29) is 0 Å². The summed E-state index contributed by atoms with van der Waals surface area (Å²) in [5.41, 5.74) is -2.71. The van der Waals surface area contributed by atoms with Gasteiger partial charge in [-0.3, -0.25) is 0 Å². The van der Waals surface area contributed by atoms with Crippen LogP contribution in [-0.4, -0.2) is 6.17 Å². The van der Waals surface area contributed by atoms with Crippen LogP contribution < -0.4 is 5.30 Å². The summed E-state index contributed by atoms with van der Waals surface area (Å²) in [5.74, 6) is -12.3. The first-order valence-corrected chi connectivity index (χ1v) is 6.67. The van der Waals surface area contributed by atoms with Crippen LogP contribution in [0.3, 0.4) is 0 Å². The van der Waals surface area contributed by atoms with Crippen molar-refractivity contribution in [2.24, 2.45) is 0 Å². The standard InChI is InChI=1S/C14H10F7P/c1-3-7(15)11(19)5(12(20)8(3)16)6-13(21)9(17)4(2)10(18)14(6)22/h5,11H,22H2,1-2H3. The lowest BCUT2D eigenvalue weighted by Gasteiger charge is -2.26. The fourth-order valence-corrected chi connectivity index (χ4v) is 2.82. The maximum Gasteiger partial charge on any atom is 0.165 e. The molecule has 0 radical (unpaired) electrons. The minimum Gasteiger partial charge on any atom is -0.239 e. The molecule has 0 saturated heterocycles. The van der Waals surface area contributed by atoms with Crippen molar-refractivity contribution >= 4 is 14.5 Å². The molecule has 1 aliphatic carbocycles. The molecule has 0 heterocycles. The van der Waals surface area contributed by atoms with Crippen molar-refractivity contribution in [3.8, 4) is 0 Å². The van der Waals surface area contributed by atoms with Gasteiger partial charge < -0.3 is 0 Å². The zero-order chi connectivity index (χ0) is 16.9. The quantitative estimate of drug-likeness (QED) is 0.393. The van der Waals surface area contributed by atoms with Crippen LogP contribution in [0.15, 0.2) is 23.1 Å². The first-order valence-electron chi connectivity index (χ1n) is 6.09. The third kappa shape index (κ3) is 2.26. The van der Waals surface area contributed by atoms with Crippen molar-refractivity contribution in [1.82, 2.24) is 0 Å². The Hall–Kier alpha value is -1.36. The highest BCUT2D eigenvalue weighted by atomic mass is 31.0. The molecule has 1 aromatic rings. The summed E-state index contributed by atoms with van der Waals surface area (Å²) in [6.07, 6.45) is -2.78. The Kier molecular flexibility index (Phi) is 4.39. The zero-order valence-electron chi connectivity index (χ0n) is 11.4. The topological polar surface area (TPSA) is 0 Å². The van der Waals surface area contributed by atoms with Crippen molar-refractivity contribution in [2.75, 3.05) is 0 Å². The second kappa shape index (κ2) is 5.69. The van der Waals surface area contributed by atoms with E-state index in [0.717, 1.165) is 13.8 Å². The second-order valence-corrected chi connectivity index (χ2v) is 5.49. The van der Waals surface area contributed by atoms with Crippen molar-refractivity contribution in [3.63, 3.8) is 0 Å². The van der Waals surface area contributed by atoms with Crippen LogP contribution >= 0.6 is 9.24 Å². The molecule has 0 amide bonds. The molecule has 0 spiro atoms. The second-order valence-electron chi connectivity index (χ2n) is 4.91. The number of hydrogen-bond acceptors (Lipinski definition) is 0. The lowest BCUT2D eigenvalue weighted by atomic mass is 9.85. The summed E-state index contributed by atoms with van der Waals surface area (Å²) in [6, 6.07) is 0. The average Bonchev–Trinajstić information content (AvgIpc) is 2.50. The predicted octanol–water partition coefficient (Wildman–Crippen LogP) is 4.74. The van der Waals surface area contributed by atoms with Crippen LogP contribution in [0.25, 0.3) is 0 Å². The van der Waals surface area contributed by atoms with Crippen molar-refractivity contribution in [1.29, 1.82) is 0 Å². The van der Waals surface area contributed by atoms with E-state index in [1.165, 1.54) is 0 Å². The number of hydrogen-bond donors (Lipinski definition) is 0. The molecular formula is C14H10F7P. The molecule has 120 valence electrons. The van der Waals surface area contributed by atoms with Gasteiger partial charge >= 0.3 is 0 Å². The Balaban J connectivity index is 2.79. The minimum absolute atomic E-state index is 0.681. The third-order valence-corrected chi connectivity index (χ3v) is 4.19. The van der Waals surface area contributed by atoms with Gasteiger partial charge in [-0.15, -0.1) is 9.24 Å². The van der Waals surface area contributed by atoms with E-state index in [9.17, 15) is 30.7 Å². The van der Waals surface area contributed by atoms with Gasteiger partial charge in [-0.2, -0.15) is 0 Å². The van der Waals surface area contributed by atoms with Gasteiger partial charge in [0.25, 0.3) is 0 Å². The minimum atomic E-state index is -2.78. The van der Waals surface area contributed by atoms with Crippen LogP contribution in [-0.2, 0) is 0 Å². The average molecular weight is 342 g/mol. The van der Waals surface area contributed by atoms with E-state index < -0.39 is 69.0 Å². The molecule has 1 aliphatic rings. The monoisotopic (exact) mass is 342 g/mol. The highest BCUT2D eigenvalue weighted by Gasteiger charge is 2.42. The van der Waals surface area contributed by atoms with Gasteiger partial charge in [0.15, 0.2) is 23.6 Å². The molecule has 0 fully saturated rings. The Bertz CT molecular complexity index is 691. The smallest absolute Gasteiger partial charge is 0.165 e. The Labute approximate surface area is 123 Å². The van der Waals surface area contributed by atoms with Crippen LogP contribution in [0, 0.1) is 24.4 Å². The molecule has 3 unspecified atom stereocenters. The van der Waals surface area contributed by atoms with Crippen molar-refractivity contribution in [3.05, 3.63) is 51.6 Å². The summed E-state index contributed by atoms with van der Waals surface area (Å²) in [7, 11) is 1.67. The van der Waals surface area contributed by atoms with Gasteiger partial charge in [0.1, 0.15) is 17.5 Å². The summed E-state index contributed by atoms with van der Waals surface area (Å²) < 4.78 is 96.7. The Morgan fingerprint density at radius 2 is 1.36 bits per heavy atom. The molecule has 0 N–H and O–H groups in total. The predicted molar refractivity (Wildman–Crippen MR) is 71.1 cm³/mol. The number of benzene rings is 1. The van der Waals surface area contributed by atoms with Gasteiger partial charge in [0.05, 0.1) is 5.92 Å². The summed E-state index contributed by atoms with van der Waals surface area (Å²) >= 11 is 0. The lowest BCUT2D eigenvalue weighted by Crippen LogP contribution is -2.28. The highest BCUT2D eigenvalue weighted by Crippen LogP contribution is 2.45. The van der Waals surface area contributed by atoms with E-state index in [0.29, 0.717) is 0 Å². The van der Waals surface area contributed by atoms with Gasteiger partial charge in [-0.1, -0.05) is 0 Å². The number of halogens is 7. The molecule has 0 bridgehead atoms. The molecule has 0 aromatic heterocycles. The first-order chi connectivity index (χ1) is 10.1. The molecular weight excluding hydrogens is 332 g/mol. The molecule has 0 aliphatic heterocycles. The van der Waals surface area contributed by atoms with E-state index in [1.54, 1.807) is 9.24 Å². The fourth-order valence-electron chi connectivity index (χ4n) is 2.30. The lowest BCUT2D eigenvalue weighted by molar-refractivity contribution is 0.255.